The number of hydrogen-bond acceptors (Lipinski definition) is 6. The third-order valence-corrected chi connectivity index (χ3v) is 12.4. The number of allylic oxidation sites excluding steroid dienone is 12. The molecule has 0 N–H and O–H groups in total. The zero-order valence-corrected chi connectivity index (χ0v) is 44.9. The second-order valence-corrected chi connectivity index (χ2v) is 19.2. The van der Waals surface area contributed by atoms with E-state index < -0.39 is 6.10 Å². The van der Waals surface area contributed by atoms with E-state index in [0.717, 1.165) is 109 Å². The molecule has 1 atom stereocenters. The van der Waals surface area contributed by atoms with Crippen molar-refractivity contribution in [3.05, 3.63) is 72.9 Å². The van der Waals surface area contributed by atoms with E-state index in [-0.39, 0.29) is 31.1 Å². The molecule has 0 aliphatic rings. The number of carbonyl (C=O) groups is 3. The van der Waals surface area contributed by atoms with E-state index in [1.165, 1.54) is 135 Å². The lowest BCUT2D eigenvalue weighted by atomic mass is 10.1. The summed E-state index contributed by atoms with van der Waals surface area (Å²) in [5, 5.41) is 0. The average Bonchev–Trinajstić information content (AvgIpc) is 3.34. The minimum atomic E-state index is -0.792. The molecule has 0 saturated heterocycles. The van der Waals surface area contributed by atoms with Gasteiger partial charge in [-0.05, 0) is 103 Å². The smallest absolute Gasteiger partial charge is 0.306 e. The number of esters is 3. The van der Waals surface area contributed by atoms with Crippen LogP contribution in [0.1, 0.15) is 284 Å². The molecule has 0 radical (unpaired) electrons. The predicted molar refractivity (Wildman–Crippen MR) is 293 cm³/mol. The number of hydrogen-bond donors (Lipinski definition) is 0. The highest BCUT2D eigenvalue weighted by Gasteiger charge is 2.19. The molecule has 6 nitrogen and oxygen atoms in total. The Morgan fingerprint density at radius 1 is 0.324 bits per heavy atom. The summed E-state index contributed by atoms with van der Waals surface area (Å²) in [4.78, 5) is 38.1. The Bertz CT molecular complexity index is 1270. The van der Waals surface area contributed by atoms with Gasteiger partial charge < -0.3 is 14.2 Å². The van der Waals surface area contributed by atoms with E-state index in [9.17, 15) is 14.4 Å². The summed E-state index contributed by atoms with van der Waals surface area (Å²) in [7, 11) is 0. The normalized spacial score (nSPS) is 12.6. The lowest BCUT2D eigenvalue weighted by Crippen LogP contribution is -2.30. The van der Waals surface area contributed by atoms with Crippen LogP contribution in [0.15, 0.2) is 72.9 Å². The highest BCUT2D eigenvalue weighted by Crippen LogP contribution is 2.15. The SMILES string of the molecule is CC/C=C\C/C=C\C/C=C\CCCCCCCCCCCC(=O)OCC(COC(=O)CCCCC/C=C\CCCCCCCC)OC(=O)CCCCCCC/C=C\C=C/CCCCCCCCC. The second kappa shape index (κ2) is 56.4. The van der Waals surface area contributed by atoms with Crippen molar-refractivity contribution in [3.63, 3.8) is 0 Å². The van der Waals surface area contributed by atoms with E-state index in [4.69, 9.17) is 14.2 Å². The van der Waals surface area contributed by atoms with Gasteiger partial charge in [-0.15, -0.1) is 0 Å². The molecule has 0 rings (SSSR count). The van der Waals surface area contributed by atoms with Gasteiger partial charge in [0.25, 0.3) is 0 Å². The van der Waals surface area contributed by atoms with Crippen molar-refractivity contribution in [1.29, 1.82) is 0 Å². The maximum atomic E-state index is 12.9. The van der Waals surface area contributed by atoms with Gasteiger partial charge in [-0.1, -0.05) is 235 Å². The predicted octanol–water partition coefficient (Wildman–Crippen LogP) is 19.4. The molecule has 0 fully saturated rings. The van der Waals surface area contributed by atoms with Crippen molar-refractivity contribution in [2.75, 3.05) is 13.2 Å². The summed E-state index contributed by atoms with van der Waals surface area (Å²) in [6.07, 6.45) is 71.8. The third-order valence-electron chi connectivity index (χ3n) is 12.4. The van der Waals surface area contributed by atoms with Crippen LogP contribution in [0.4, 0.5) is 0 Å². The fraction of sp³-hybridized carbons (Fsp3) is 0.758. The first-order valence-corrected chi connectivity index (χ1v) is 29.0. The number of unbranched alkanes of at least 4 members (excludes halogenated alkanes) is 30. The molecule has 68 heavy (non-hydrogen) atoms. The molecule has 0 aromatic carbocycles. The van der Waals surface area contributed by atoms with Gasteiger partial charge in [0.1, 0.15) is 13.2 Å². The Morgan fingerprint density at radius 3 is 1.01 bits per heavy atom. The van der Waals surface area contributed by atoms with Crippen molar-refractivity contribution in [2.45, 2.75) is 290 Å². The molecule has 0 bridgehead atoms. The number of ether oxygens (including phenoxy) is 3. The average molecular weight is 950 g/mol. The molecule has 0 aliphatic carbocycles. The van der Waals surface area contributed by atoms with Crippen molar-refractivity contribution < 1.29 is 28.6 Å². The summed E-state index contributed by atoms with van der Waals surface area (Å²) in [5.41, 5.74) is 0. The highest BCUT2D eigenvalue weighted by atomic mass is 16.6. The van der Waals surface area contributed by atoms with Gasteiger partial charge in [-0.25, -0.2) is 0 Å². The molecule has 0 aliphatic heterocycles. The molecule has 1 unspecified atom stereocenters. The number of carbonyl (C=O) groups excluding carboxylic acids is 3. The van der Waals surface area contributed by atoms with Gasteiger partial charge >= 0.3 is 17.9 Å². The van der Waals surface area contributed by atoms with Gasteiger partial charge in [0.2, 0.25) is 0 Å². The Kier molecular flexibility index (Phi) is 53.8. The first-order valence-electron chi connectivity index (χ1n) is 29.0. The quantitative estimate of drug-likeness (QED) is 0.0199. The summed E-state index contributed by atoms with van der Waals surface area (Å²) >= 11 is 0. The van der Waals surface area contributed by atoms with Crippen LogP contribution in [0.3, 0.4) is 0 Å². The van der Waals surface area contributed by atoms with Gasteiger partial charge in [0.15, 0.2) is 6.10 Å². The van der Waals surface area contributed by atoms with Gasteiger partial charge in [0.05, 0.1) is 0 Å². The first kappa shape index (κ1) is 64.8. The van der Waals surface area contributed by atoms with E-state index in [0.29, 0.717) is 19.3 Å². The lowest BCUT2D eigenvalue weighted by Gasteiger charge is -2.18. The van der Waals surface area contributed by atoms with Crippen LogP contribution in [0, 0.1) is 0 Å². The summed E-state index contributed by atoms with van der Waals surface area (Å²) < 4.78 is 16.8. The second-order valence-electron chi connectivity index (χ2n) is 19.2. The minimum absolute atomic E-state index is 0.0888. The fourth-order valence-electron chi connectivity index (χ4n) is 8.09. The molecule has 0 heterocycles. The summed E-state index contributed by atoms with van der Waals surface area (Å²) in [6.45, 7) is 6.51. The summed E-state index contributed by atoms with van der Waals surface area (Å²) in [6, 6.07) is 0. The highest BCUT2D eigenvalue weighted by molar-refractivity contribution is 5.71. The lowest BCUT2D eigenvalue weighted by molar-refractivity contribution is -0.167. The van der Waals surface area contributed by atoms with Crippen molar-refractivity contribution >= 4 is 17.9 Å². The molecule has 392 valence electrons. The Balaban J connectivity index is 4.40. The van der Waals surface area contributed by atoms with E-state index >= 15 is 0 Å². The van der Waals surface area contributed by atoms with Gasteiger partial charge in [-0.2, -0.15) is 0 Å². The largest absolute Gasteiger partial charge is 0.462 e. The molecule has 0 aromatic rings. The van der Waals surface area contributed by atoms with Gasteiger partial charge in [0, 0.05) is 19.3 Å². The monoisotopic (exact) mass is 949 g/mol. The van der Waals surface area contributed by atoms with Crippen LogP contribution in [0.25, 0.3) is 0 Å². The van der Waals surface area contributed by atoms with Crippen molar-refractivity contribution in [1.82, 2.24) is 0 Å². The standard InChI is InChI=1S/C62H108O6/c1-4-7-10-13-16-19-22-25-27-29-31-33-34-37-40-43-46-49-52-55-61(64)67-58-59(57-66-60(63)54-51-48-45-42-39-36-24-21-18-15-12-9-6-3)68-62(65)56-53-50-47-44-41-38-35-32-30-28-26-23-20-17-14-11-8-5-2/h7,10,16,19,25,27-28,30,32,35-36,39,59H,4-6,8-9,11-15,17-18,20-24,26,29,31,33-34,37-38,40-58H2,1-3H3/b10-7-,19-16-,27-25-,30-28-,35-32-,39-36-. The third kappa shape index (κ3) is 53.8. The molecular weight excluding hydrogens is 841 g/mol. The molecule has 6 heteroatoms. The van der Waals surface area contributed by atoms with Crippen LogP contribution >= 0.6 is 0 Å². The van der Waals surface area contributed by atoms with Crippen molar-refractivity contribution in [2.24, 2.45) is 0 Å². The van der Waals surface area contributed by atoms with Crippen LogP contribution in [-0.4, -0.2) is 37.2 Å². The van der Waals surface area contributed by atoms with E-state index in [1.807, 2.05) is 0 Å². The zero-order chi connectivity index (χ0) is 49.3. The number of rotatable bonds is 52. The fourth-order valence-corrected chi connectivity index (χ4v) is 8.09. The Labute approximate surface area is 421 Å². The minimum Gasteiger partial charge on any atom is -0.462 e. The Morgan fingerprint density at radius 2 is 0.618 bits per heavy atom. The van der Waals surface area contributed by atoms with E-state index in [1.54, 1.807) is 0 Å². The molecule has 0 saturated carbocycles. The van der Waals surface area contributed by atoms with Crippen molar-refractivity contribution in [3.8, 4) is 0 Å². The molecule has 0 aromatic heterocycles. The van der Waals surface area contributed by atoms with Crippen LogP contribution in [-0.2, 0) is 28.6 Å². The van der Waals surface area contributed by atoms with Gasteiger partial charge in [-0.3, -0.25) is 14.4 Å². The van der Waals surface area contributed by atoms with Crippen LogP contribution in [0.2, 0.25) is 0 Å². The maximum absolute atomic E-state index is 12.9. The van der Waals surface area contributed by atoms with E-state index in [2.05, 4.69) is 93.7 Å². The Hall–Kier alpha value is -3.15. The first-order chi connectivity index (χ1) is 33.5. The topological polar surface area (TPSA) is 78.9 Å². The zero-order valence-electron chi connectivity index (χ0n) is 44.9. The maximum Gasteiger partial charge on any atom is 0.306 e. The molecule has 0 spiro atoms. The molecular formula is C62H108O6. The summed E-state index contributed by atoms with van der Waals surface area (Å²) in [5.74, 6) is -0.917. The van der Waals surface area contributed by atoms with Crippen LogP contribution in [0.5, 0.6) is 0 Å². The molecule has 0 amide bonds. The van der Waals surface area contributed by atoms with Crippen LogP contribution < -0.4 is 0 Å².